The van der Waals surface area contributed by atoms with Gasteiger partial charge in [-0.1, -0.05) is 18.0 Å². The SMILES string of the molecule is CN(Cc1nc(-c2ccc([N+](=O)[O-])cc2)no1)CC1CCCCC1O. The van der Waals surface area contributed by atoms with Crippen molar-refractivity contribution in [1.29, 1.82) is 0 Å². The molecule has 3 rings (SSSR count). The van der Waals surface area contributed by atoms with Crippen LogP contribution in [-0.2, 0) is 6.54 Å². The van der Waals surface area contributed by atoms with Crippen LogP contribution in [0.5, 0.6) is 0 Å². The minimum Gasteiger partial charge on any atom is -0.393 e. The van der Waals surface area contributed by atoms with E-state index in [4.69, 9.17) is 4.52 Å². The molecule has 8 heteroatoms. The maximum Gasteiger partial charge on any atom is 0.269 e. The average Bonchev–Trinajstić information content (AvgIpc) is 3.05. The highest BCUT2D eigenvalue weighted by Crippen LogP contribution is 2.25. The van der Waals surface area contributed by atoms with Crippen molar-refractivity contribution >= 4 is 5.69 Å². The van der Waals surface area contributed by atoms with Crippen LogP contribution in [-0.4, -0.2) is 44.8 Å². The fraction of sp³-hybridized carbons (Fsp3) is 0.529. The van der Waals surface area contributed by atoms with E-state index in [1.54, 1.807) is 12.1 Å². The molecule has 2 aromatic rings. The summed E-state index contributed by atoms with van der Waals surface area (Å²) in [7, 11) is 1.97. The van der Waals surface area contributed by atoms with Gasteiger partial charge < -0.3 is 9.63 Å². The van der Waals surface area contributed by atoms with Crippen molar-refractivity contribution in [3.63, 3.8) is 0 Å². The van der Waals surface area contributed by atoms with Gasteiger partial charge in [-0.3, -0.25) is 15.0 Å². The molecule has 1 aromatic carbocycles. The number of nitro benzene ring substituents is 1. The Morgan fingerprint density at radius 1 is 1.32 bits per heavy atom. The number of nitro groups is 1. The van der Waals surface area contributed by atoms with Crippen LogP contribution in [0.4, 0.5) is 5.69 Å². The van der Waals surface area contributed by atoms with Crippen molar-refractivity contribution in [2.24, 2.45) is 5.92 Å². The van der Waals surface area contributed by atoms with Gasteiger partial charge in [-0.15, -0.1) is 0 Å². The number of aliphatic hydroxyl groups is 1. The maximum absolute atomic E-state index is 10.7. The first-order valence-electron chi connectivity index (χ1n) is 8.47. The van der Waals surface area contributed by atoms with Gasteiger partial charge in [-0.25, -0.2) is 0 Å². The maximum atomic E-state index is 10.7. The van der Waals surface area contributed by atoms with Gasteiger partial charge in [0.1, 0.15) is 0 Å². The summed E-state index contributed by atoms with van der Waals surface area (Å²) in [5.74, 6) is 1.19. The molecular formula is C17H22N4O4. The molecule has 0 spiro atoms. The van der Waals surface area contributed by atoms with Crippen LogP contribution in [0, 0.1) is 16.0 Å². The standard InChI is InChI=1S/C17H22N4O4/c1-20(10-13-4-2-3-5-15(13)22)11-16-18-17(19-25-16)12-6-8-14(9-7-12)21(23)24/h6-9,13,15,22H,2-5,10-11H2,1H3. The van der Waals surface area contributed by atoms with E-state index in [2.05, 4.69) is 15.0 Å². The molecule has 2 unspecified atom stereocenters. The summed E-state index contributed by atoms with van der Waals surface area (Å²) in [6.07, 6.45) is 3.96. The van der Waals surface area contributed by atoms with Crippen molar-refractivity contribution in [2.45, 2.75) is 38.3 Å². The van der Waals surface area contributed by atoms with Crippen molar-refractivity contribution in [3.05, 3.63) is 40.3 Å². The number of aromatic nitrogens is 2. The average molecular weight is 346 g/mol. The third kappa shape index (κ3) is 4.40. The number of hydrogen-bond donors (Lipinski definition) is 1. The fourth-order valence-corrected chi connectivity index (χ4v) is 3.27. The fourth-order valence-electron chi connectivity index (χ4n) is 3.27. The van der Waals surface area contributed by atoms with Crippen LogP contribution >= 0.6 is 0 Å². The molecule has 0 bridgehead atoms. The molecule has 25 heavy (non-hydrogen) atoms. The summed E-state index contributed by atoms with van der Waals surface area (Å²) in [4.78, 5) is 16.7. The predicted molar refractivity (Wildman–Crippen MR) is 90.7 cm³/mol. The van der Waals surface area contributed by atoms with Crippen LogP contribution in [0.2, 0.25) is 0 Å². The minimum atomic E-state index is -0.444. The molecule has 1 saturated carbocycles. The molecular weight excluding hydrogens is 324 g/mol. The van der Waals surface area contributed by atoms with E-state index >= 15 is 0 Å². The Kier molecular flexibility index (Phi) is 5.40. The molecule has 1 fully saturated rings. The van der Waals surface area contributed by atoms with E-state index in [1.165, 1.54) is 18.6 Å². The molecule has 1 N–H and O–H groups in total. The lowest BCUT2D eigenvalue weighted by atomic mass is 9.86. The minimum absolute atomic E-state index is 0.0261. The second-order valence-corrected chi connectivity index (χ2v) is 6.62. The summed E-state index contributed by atoms with van der Waals surface area (Å²) in [6, 6.07) is 6.05. The molecule has 1 aliphatic rings. The van der Waals surface area contributed by atoms with E-state index < -0.39 is 4.92 Å². The van der Waals surface area contributed by atoms with Gasteiger partial charge in [0.05, 0.1) is 17.6 Å². The van der Waals surface area contributed by atoms with Crippen LogP contribution in [0.25, 0.3) is 11.4 Å². The van der Waals surface area contributed by atoms with E-state index in [-0.39, 0.29) is 17.7 Å². The first-order chi connectivity index (χ1) is 12.0. The second kappa shape index (κ2) is 7.71. The predicted octanol–water partition coefficient (Wildman–Crippen LogP) is 2.63. The molecule has 8 nitrogen and oxygen atoms in total. The lowest BCUT2D eigenvalue weighted by Gasteiger charge is -2.30. The summed E-state index contributed by atoms with van der Waals surface area (Å²) in [5, 5.41) is 24.7. The Morgan fingerprint density at radius 3 is 2.72 bits per heavy atom. The van der Waals surface area contributed by atoms with Gasteiger partial charge in [0, 0.05) is 24.2 Å². The smallest absolute Gasteiger partial charge is 0.269 e. The van der Waals surface area contributed by atoms with E-state index in [1.807, 2.05) is 7.05 Å². The monoisotopic (exact) mass is 346 g/mol. The first-order valence-corrected chi connectivity index (χ1v) is 8.47. The molecule has 1 heterocycles. The zero-order valence-corrected chi connectivity index (χ0v) is 14.2. The van der Waals surface area contributed by atoms with Crippen LogP contribution in [0.3, 0.4) is 0 Å². The van der Waals surface area contributed by atoms with Crippen molar-refractivity contribution in [3.8, 4) is 11.4 Å². The molecule has 1 aliphatic carbocycles. The number of benzene rings is 1. The van der Waals surface area contributed by atoms with Gasteiger partial charge in [0.25, 0.3) is 5.69 Å². The summed E-state index contributed by atoms with van der Waals surface area (Å²) in [6.45, 7) is 1.29. The number of nitrogens with zero attached hydrogens (tertiary/aromatic N) is 4. The molecule has 0 aliphatic heterocycles. The highest BCUT2D eigenvalue weighted by atomic mass is 16.6. The van der Waals surface area contributed by atoms with E-state index in [9.17, 15) is 15.2 Å². The lowest BCUT2D eigenvalue weighted by molar-refractivity contribution is -0.384. The number of non-ortho nitro benzene ring substituents is 1. The van der Waals surface area contributed by atoms with Crippen molar-refractivity contribution in [1.82, 2.24) is 15.0 Å². The van der Waals surface area contributed by atoms with Gasteiger partial charge in [0.15, 0.2) is 0 Å². The first kappa shape index (κ1) is 17.5. The quantitative estimate of drug-likeness (QED) is 0.633. The highest BCUT2D eigenvalue weighted by molar-refractivity contribution is 5.56. The number of rotatable bonds is 6. The normalized spacial score (nSPS) is 20.8. The molecule has 0 amide bonds. The summed E-state index contributed by atoms with van der Waals surface area (Å²) in [5.41, 5.74) is 0.698. The van der Waals surface area contributed by atoms with Gasteiger partial charge in [-0.2, -0.15) is 4.98 Å². The van der Waals surface area contributed by atoms with Gasteiger partial charge in [-0.05, 0) is 37.9 Å². The molecule has 2 atom stereocenters. The Bertz CT molecular complexity index is 716. The number of hydrogen-bond acceptors (Lipinski definition) is 7. The molecule has 0 radical (unpaired) electrons. The van der Waals surface area contributed by atoms with Crippen molar-refractivity contribution in [2.75, 3.05) is 13.6 Å². The summed E-state index contributed by atoms with van der Waals surface area (Å²) >= 11 is 0. The Labute approximate surface area is 145 Å². The van der Waals surface area contributed by atoms with Crippen LogP contribution in [0.1, 0.15) is 31.6 Å². The van der Waals surface area contributed by atoms with E-state index in [0.29, 0.717) is 23.8 Å². The molecule has 0 saturated heterocycles. The Balaban J connectivity index is 1.60. The number of aliphatic hydroxyl groups excluding tert-OH is 1. The molecule has 1 aromatic heterocycles. The highest BCUT2D eigenvalue weighted by Gasteiger charge is 2.24. The zero-order valence-electron chi connectivity index (χ0n) is 14.2. The lowest BCUT2D eigenvalue weighted by Crippen LogP contribution is -2.34. The van der Waals surface area contributed by atoms with Gasteiger partial charge in [0.2, 0.25) is 11.7 Å². The Morgan fingerprint density at radius 2 is 2.04 bits per heavy atom. The second-order valence-electron chi connectivity index (χ2n) is 6.62. The van der Waals surface area contributed by atoms with Crippen LogP contribution in [0.15, 0.2) is 28.8 Å². The topological polar surface area (TPSA) is 106 Å². The Hall–Kier alpha value is -2.32. The van der Waals surface area contributed by atoms with Crippen molar-refractivity contribution < 1.29 is 14.6 Å². The molecule has 134 valence electrons. The third-order valence-corrected chi connectivity index (χ3v) is 4.62. The van der Waals surface area contributed by atoms with Crippen LogP contribution < -0.4 is 0 Å². The zero-order chi connectivity index (χ0) is 17.8. The third-order valence-electron chi connectivity index (χ3n) is 4.62. The largest absolute Gasteiger partial charge is 0.393 e. The van der Waals surface area contributed by atoms with E-state index in [0.717, 1.165) is 25.8 Å². The van der Waals surface area contributed by atoms with Gasteiger partial charge >= 0.3 is 0 Å². The summed E-state index contributed by atoms with van der Waals surface area (Å²) < 4.78 is 5.28.